The van der Waals surface area contributed by atoms with Crippen molar-refractivity contribution < 1.29 is 4.43 Å². The SMILES string of the molecule is C=CO[SiH](CC)CC. The van der Waals surface area contributed by atoms with Gasteiger partial charge in [0.05, 0.1) is 6.26 Å². The third-order valence-electron chi connectivity index (χ3n) is 1.20. The van der Waals surface area contributed by atoms with Crippen molar-refractivity contribution in [1.82, 2.24) is 0 Å². The molecule has 0 N–H and O–H groups in total. The van der Waals surface area contributed by atoms with Crippen LogP contribution in [-0.2, 0) is 4.43 Å². The molecule has 0 amide bonds. The Morgan fingerprint density at radius 3 is 2.12 bits per heavy atom. The highest BCUT2D eigenvalue weighted by molar-refractivity contribution is 6.51. The minimum absolute atomic E-state index is 0.810. The Kier molecular flexibility index (Phi) is 4.76. The van der Waals surface area contributed by atoms with E-state index in [4.69, 9.17) is 4.43 Å². The molecule has 48 valence electrons. The molecule has 0 saturated heterocycles. The number of hydrogen-bond donors (Lipinski definition) is 0. The van der Waals surface area contributed by atoms with Crippen LogP contribution in [-0.4, -0.2) is 9.04 Å². The molecule has 0 unspecified atom stereocenters. The van der Waals surface area contributed by atoms with Crippen molar-refractivity contribution in [2.75, 3.05) is 0 Å². The lowest BCUT2D eigenvalue weighted by molar-refractivity contribution is 0.491. The lowest BCUT2D eigenvalue weighted by atomic mass is 10.9. The van der Waals surface area contributed by atoms with Gasteiger partial charge in [-0.25, -0.2) is 0 Å². The topological polar surface area (TPSA) is 9.23 Å². The average molecular weight is 130 g/mol. The van der Waals surface area contributed by atoms with Crippen LogP contribution in [0.5, 0.6) is 0 Å². The van der Waals surface area contributed by atoms with Gasteiger partial charge in [0.1, 0.15) is 0 Å². The average Bonchev–Trinajstić information content (AvgIpc) is 1.83. The van der Waals surface area contributed by atoms with E-state index in [0.29, 0.717) is 0 Å². The summed E-state index contributed by atoms with van der Waals surface area (Å²) in [5, 5.41) is 0. The van der Waals surface area contributed by atoms with Gasteiger partial charge < -0.3 is 4.43 Å². The smallest absolute Gasteiger partial charge is 0.234 e. The number of rotatable bonds is 4. The molecule has 0 saturated carbocycles. The molecule has 0 aromatic heterocycles. The monoisotopic (exact) mass is 130 g/mol. The van der Waals surface area contributed by atoms with Crippen molar-refractivity contribution in [2.45, 2.75) is 25.9 Å². The van der Waals surface area contributed by atoms with Crippen LogP contribution in [0.2, 0.25) is 12.1 Å². The molecule has 0 aromatic carbocycles. The molecule has 0 aliphatic heterocycles. The zero-order valence-electron chi connectivity index (χ0n) is 5.68. The molecule has 2 heteroatoms. The largest absolute Gasteiger partial charge is 0.552 e. The quantitative estimate of drug-likeness (QED) is 0.417. The second-order valence-corrected chi connectivity index (χ2v) is 4.89. The molecule has 0 rings (SSSR count). The lowest BCUT2D eigenvalue weighted by Crippen LogP contribution is -2.10. The molecule has 8 heavy (non-hydrogen) atoms. The van der Waals surface area contributed by atoms with Crippen molar-refractivity contribution in [3.05, 3.63) is 12.8 Å². The van der Waals surface area contributed by atoms with Gasteiger partial charge in [-0.05, 0) is 12.1 Å². The van der Waals surface area contributed by atoms with E-state index in [1.54, 1.807) is 6.26 Å². The number of hydrogen-bond acceptors (Lipinski definition) is 1. The Balaban J connectivity index is 3.20. The van der Waals surface area contributed by atoms with Crippen molar-refractivity contribution in [3.8, 4) is 0 Å². The van der Waals surface area contributed by atoms with Gasteiger partial charge in [-0.1, -0.05) is 20.4 Å². The van der Waals surface area contributed by atoms with Gasteiger partial charge >= 0.3 is 0 Å². The lowest BCUT2D eigenvalue weighted by Gasteiger charge is -2.07. The van der Waals surface area contributed by atoms with Crippen molar-refractivity contribution in [2.24, 2.45) is 0 Å². The minimum atomic E-state index is -0.810. The van der Waals surface area contributed by atoms with Crippen molar-refractivity contribution in [1.29, 1.82) is 0 Å². The molecule has 0 heterocycles. The predicted octanol–water partition coefficient (Wildman–Crippen LogP) is 1.91. The fourth-order valence-corrected chi connectivity index (χ4v) is 1.85. The molecular weight excluding hydrogens is 116 g/mol. The van der Waals surface area contributed by atoms with Gasteiger partial charge in [-0.3, -0.25) is 0 Å². The first-order valence-corrected chi connectivity index (χ1v) is 5.21. The van der Waals surface area contributed by atoms with Gasteiger partial charge in [0.15, 0.2) is 0 Å². The third-order valence-corrected chi connectivity index (χ3v) is 3.60. The predicted molar refractivity (Wildman–Crippen MR) is 39.4 cm³/mol. The second kappa shape index (κ2) is 4.90. The maximum Gasteiger partial charge on any atom is 0.234 e. The summed E-state index contributed by atoms with van der Waals surface area (Å²) in [5.74, 6) is 0. The summed E-state index contributed by atoms with van der Waals surface area (Å²) < 4.78 is 5.24. The third kappa shape index (κ3) is 2.85. The highest BCUT2D eigenvalue weighted by Crippen LogP contribution is 1.98. The fraction of sp³-hybridized carbons (Fsp3) is 0.667. The molecular formula is C6H14OSi. The van der Waals surface area contributed by atoms with E-state index in [1.807, 2.05) is 0 Å². The summed E-state index contributed by atoms with van der Waals surface area (Å²) in [6.07, 6.45) is 1.57. The maximum absolute atomic E-state index is 5.24. The van der Waals surface area contributed by atoms with Crippen LogP contribution in [0.3, 0.4) is 0 Å². The fourth-order valence-electron chi connectivity index (χ4n) is 0.617. The van der Waals surface area contributed by atoms with Crippen LogP contribution < -0.4 is 0 Å². The van der Waals surface area contributed by atoms with Gasteiger partial charge in [-0.2, -0.15) is 0 Å². The summed E-state index contributed by atoms with van der Waals surface area (Å²) in [7, 11) is -0.810. The van der Waals surface area contributed by atoms with Crippen molar-refractivity contribution >= 4 is 9.04 Å². The van der Waals surface area contributed by atoms with Gasteiger partial charge in [0.25, 0.3) is 0 Å². The summed E-state index contributed by atoms with van der Waals surface area (Å²) >= 11 is 0. The van der Waals surface area contributed by atoms with E-state index in [9.17, 15) is 0 Å². The van der Waals surface area contributed by atoms with Gasteiger partial charge in [0.2, 0.25) is 9.04 Å². The van der Waals surface area contributed by atoms with Crippen LogP contribution in [0.1, 0.15) is 13.8 Å². The van der Waals surface area contributed by atoms with Crippen LogP contribution >= 0.6 is 0 Å². The van der Waals surface area contributed by atoms with Crippen LogP contribution in [0, 0.1) is 0 Å². The molecule has 0 atom stereocenters. The molecule has 0 fully saturated rings. The summed E-state index contributed by atoms with van der Waals surface area (Å²) in [6, 6.07) is 2.42. The zero-order chi connectivity index (χ0) is 6.41. The Bertz CT molecular complexity index is 59.5. The zero-order valence-corrected chi connectivity index (χ0v) is 6.84. The molecule has 0 aliphatic rings. The summed E-state index contributed by atoms with van der Waals surface area (Å²) in [4.78, 5) is 0. The first kappa shape index (κ1) is 7.76. The summed E-state index contributed by atoms with van der Waals surface area (Å²) in [5.41, 5.74) is 0. The van der Waals surface area contributed by atoms with Crippen LogP contribution in [0.25, 0.3) is 0 Å². The Hall–Kier alpha value is -0.243. The minimum Gasteiger partial charge on any atom is -0.552 e. The van der Waals surface area contributed by atoms with E-state index in [-0.39, 0.29) is 0 Å². The van der Waals surface area contributed by atoms with E-state index < -0.39 is 9.04 Å². The van der Waals surface area contributed by atoms with Gasteiger partial charge in [0, 0.05) is 0 Å². The van der Waals surface area contributed by atoms with Crippen LogP contribution in [0.4, 0.5) is 0 Å². The normalized spacial score (nSPS) is 9.38. The summed E-state index contributed by atoms with van der Waals surface area (Å²) in [6.45, 7) is 7.85. The van der Waals surface area contributed by atoms with Crippen molar-refractivity contribution in [3.63, 3.8) is 0 Å². The molecule has 0 radical (unpaired) electrons. The van der Waals surface area contributed by atoms with E-state index in [0.717, 1.165) is 0 Å². The first-order valence-electron chi connectivity index (χ1n) is 3.11. The maximum atomic E-state index is 5.24. The van der Waals surface area contributed by atoms with E-state index in [1.165, 1.54) is 12.1 Å². The molecule has 0 aliphatic carbocycles. The highest BCUT2D eigenvalue weighted by Gasteiger charge is 2.02. The Morgan fingerprint density at radius 2 is 2.00 bits per heavy atom. The van der Waals surface area contributed by atoms with E-state index >= 15 is 0 Å². The Morgan fingerprint density at radius 1 is 1.50 bits per heavy atom. The highest BCUT2D eigenvalue weighted by atomic mass is 28.3. The molecule has 0 aromatic rings. The second-order valence-electron chi connectivity index (χ2n) is 1.74. The van der Waals surface area contributed by atoms with E-state index in [2.05, 4.69) is 20.4 Å². The molecule has 0 bridgehead atoms. The van der Waals surface area contributed by atoms with Gasteiger partial charge in [-0.15, -0.1) is 0 Å². The molecule has 0 spiro atoms. The standard InChI is InChI=1S/C6H14OSi/c1-4-7-8(5-2)6-3/h4,8H,1,5-6H2,2-3H3. The first-order chi connectivity index (χ1) is 3.85. The Labute approximate surface area is 53.1 Å². The van der Waals surface area contributed by atoms with Crippen LogP contribution in [0.15, 0.2) is 12.8 Å². The molecule has 1 nitrogen and oxygen atoms in total.